The van der Waals surface area contributed by atoms with Crippen LogP contribution in [0, 0.1) is 5.92 Å². The molecule has 3 aromatic carbocycles. The Morgan fingerprint density at radius 1 is 1.02 bits per heavy atom. The van der Waals surface area contributed by atoms with Crippen molar-refractivity contribution in [2.24, 2.45) is 5.92 Å². The number of fused-ring (bicyclic) bond motifs is 1. The molecule has 0 bridgehead atoms. The number of carboxylic acids is 1. The summed E-state index contributed by atoms with van der Waals surface area (Å²) in [6.45, 7) is 6.03. The number of carbonyl (C=O) groups is 3. The van der Waals surface area contributed by atoms with E-state index in [1.54, 1.807) is 32.0 Å². The molecule has 2 amide bonds. The molecule has 1 aliphatic heterocycles. The molecule has 1 heterocycles. The maximum atomic E-state index is 14.2. The zero-order valence-corrected chi connectivity index (χ0v) is 22.9. The van der Waals surface area contributed by atoms with Crippen molar-refractivity contribution in [3.05, 3.63) is 82.9 Å². The number of carbonyl (C=O) groups excluding carboxylic acids is 2. The summed E-state index contributed by atoms with van der Waals surface area (Å²) in [5.74, 6) is -2.02. The quantitative estimate of drug-likeness (QED) is 0.260. The Balaban J connectivity index is 1.58. The van der Waals surface area contributed by atoms with Gasteiger partial charge in [0.25, 0.3) is 11.8 Å². The van der Waals surface area contributed by atoms with Gasteiger partial charge in [0.1, 0.15) is 11.8 Å². The minimum absolute atomic E-state index is 0.0426. The number of ether oxygens (including phenoxy) is 1. The van der Waals surface area contributed by atoms with Gasteiger partial charge in [0.15, 0.2) is 0 Å². The minimum atomic E-state index is -4.76. The van der Waals surface area contributed by atoms with Gasteiger partial charge in [-0.1, -0.05) is 45.4 Å². The van der Waals surface area contributed by atoms with Crippen LogP contribution >= 0.6 is 0 Å². The molecule has 0 aromatic heterocycles. The zero-order valence-electron chi connectivity index (χ0n) is 22.9. The summed E-state index contributed by atoms with van der Waals surface area (Å²) in [6, 6.07) is 13.1. The van der Waals surface area contributed by atoms with Crippen molar-refractivity contribution >= 4 is 23.5 Å². The molecule has 0 radical (unpaired) electrons. The van der Waals surface area contributed by atoms with Crippen molar-refractivity contribution in [1.82, 2.24) is 4.90 Å². The molecule has 7 nitrogen and oxygen atoms in total. The van der Waals surface area contributed by atoms with Crippen LogP contribution in [-0.2, 0) is 17.5 Å². The number of hydrogen-bond acceptors (Lipinski definition) is 4. The van der Waals surface area contributed by atoms with Crippen molar-refractivity contribution in [2.45, 2.75) is 52.4 Å². The van der Waals surface area contributed by atoms with Gasteiger partial charge in [-0.25, -0.2) is 4.79 Å². The SMILES string of the molecule is CCCCOc1ccc(C(=O)Nc2ccc(-c3ccc4c(c3)C(=O)N([C@H](C(=O)O)C(C)C)C4)c(C(F)(F)F)c2)cc1. The Hall–Kier alpha value is -4.34. The summed E-state index contributed by atoms with van der Waals surface area (Å²) >= 11 is 0. The number of nitrogens with zero attached hydrogens (tertiary/aromatic N) is 1. The predicted octanol–water partition coefficient (Wildman–Crippen LogP) is 6.87. The summed E-state index contributed by atoms with van der Waals surface area (Å²) in [7, 11) is 0. The minimum Gasteiger partial charge on any atom is -0.494 e. The average Bonchev–Trinajstić information content (AvgIpc) is 3.23. The number of benzene rings is 3. The number of hydrogen-bond donors (Lipinski definition) is 2. The van der Waals surface area contributed by atoms with Gasteiger partial charge in [0.05, 0.1) is 12.2 Å². The lowest BCUT2D eigenvalue weighted by atomic mass is 9.95. The number of aliphatic carboxylic acids is 1. The molecule has 1 aliphatic rings. The summed E-state index contributed by atoms with van der Waals surface area (Å²) in [5, 5.41) is 12.1. The van der Waals surface area contributed by atoms with E-state index in [0.717, 1.165) is 18.9 Å². The Kier molecular flexibility index (Phi) is 8.70. The van der Waals surface area contributed by atoms with E-state index in [2.05, 4.69) is 5.32 Å². The van der Waals surface area contributed by atoms with E-state index in [1.165, 1.54) is 41.3 Å². The first-order chi connectivity index (χ1) is 19.4. The molecule has 0 aliphatic carbocycles. The van der Waals surface area contributed by atoms with E-state index in [-0.39, 0.29) is 40.4 Å². The lowest BCUT2D eigenvalue weighted by Gasteiger charge is -2.27. The van der Waals surface area contributed by atoms with Crippen molar-refractivity contribution in [1.29, 1.82) is 0 Å². The van der Waals surface area contributed by atoms with Crippen LogP contribution in [0.3, 0.4) is 0 Å². The van der Waals surface area contributed by atoms with Gasteiger partial charge in [-0.2, -0.15) is 13.2 Å². The number of halogens is 3. The highest BCUT2D eigenvalue weighted by Crippen LogP contribution is 2.40. The fraction of sp³-hybridized carbons (Fsp3) is 0.323. The normalized spacial score (nSPS) is 13.7. The lowest BCUT2D eigenvalue weighted by Crippen LogP contribution is -2.44. The first-order valence-electron chi connectivity index (χ1n) is 13.3. The number of alkyl halides is 3. The van der Waals surface area contributed by atoms with E-state index in [1.807, 2.05) is 6.92 Å². The summed E-state index contributed by atoms with van der Waals surface area (Å²) in [6.07, 6.45) is -2.88. The van der Waals surface area contributed by atoms with Crippen LogP contribution in [-0.4, -0.2) is 40.4 Å². The van der Waals surface area contributed by atoms with Gasteiger partial charge >= 0.3 is 12.1 Å². The van der Waals surface area contributed by atoms with E-state index < -0.39 is 35.6 Å². The standard InChI is InChI=1S/C31H31F3N2O5/c1-4-5-14-41-23-11-8-19(9-12-23)28(37)35-22-10-13-24(26(16-22)31(32,33)34)20-6-7-21-17-36(29(38)25(21)15-20)27(18(2)3)30(39)40/h6-13,15-16,18,27H,4-5,14,17H2,1-3H3,(H,35,37)(H,39,40)/t27-/m0/s1. The smallest absolute Gasteiger partial charge is 0.417 e. The summed E-state index contributed by atoms with van der Waals surface area (Å²) in [5.41, 5.74) is -0.0713. The van der Waals surface area contributed by atoms with Crippen LogP contribution in [0.1, 0.15) is 65.5 Å². The molecular weight excluding hydrogens is 537 g/mol. The second-order valence-corrected chi connectivity index (χ2v) is 10.3. The van der Waals surface area contributed by atoms with E-state index in [9.17, 15) is 32.7 Å². The highest BCUT2D eigenvalue weighted by molar-refractivity contribution is 6.05. The highest BCUT2D eigenvalue weighted by atomic mass is 19.4. The van der Waals surface area contributed by atoms with Crippen LogP contribution in [0.4, 0.5) is 18.9 Å². The van der Waals surface area contributed by atoms with Crippen LogP contribution < -0.4 is 10.1 Å². The monoisotopic (exact) mass is 568 g/mol. The van der Waals surface area contributed by atoms with Gasteiger partial charge < -0.3 is 20.1 Å². The van der Waals surface area contributed by atoms with Crippen molar-refractivity contribution in [3.63, 3.8) is 0 Å². The molecule has 10 heteroatoms. The molecule has 3 aromatic rings. The summed E-state index contributed by atoms with van der Waals surface area (Å²) < 4.78 is 48.1. The molecule has 41 heavy (non-hydrogen) atoms. The molecule has 0 saturated heterocycles. The van der Waals surface area contributed by atoms with Gasteiger partial charge in [-0.05, 0) is 71.5 Å². The van der Waals surface area contributed by atoms with Gasteiger partial charge in [-0.3, -0.25) is 9.59 Å². The second-order valence-electron chi connectivity index (χ2n) is 10.3. The van der Waals surface area contributed by atoms with Crippen LogP contribution in [0.15, 0.2) is 60.7 Å². The number of unbranched alkanes of at least 4 members (excludes halogenated alkanes) is 1. The van der Waals surface area contributed by atoms with E-state index >= 15 is 0 Å². The Labute approximate surface area is 235 Å². The predicted molar refractivity (Wildman–Crippen MR) is 148 cm³/mol. The number of anilines is 1. The fourth-order valence-corrected chi connectivity index (χ4v) is 4.84. The average molecular weight is 569 g/mol. The molecule has 1 atom stereocenters. The first kappa shape index (κ1) is 29.6. The molecule has 0 unspecified atom stereocenters. The Morgan fingerprint density at radius 3 is 2.34 bits per heavy atom. The zero-order chi connectivity index (χ0) is 29.9. The maximum Gasteiger partial charge on any atom is 0.417 e. The third kappa shape index (κ3) is 6.53. The second kappa shape index (κ2) is 12.0. The van der Waals surface area contributed by atoms with Crippen LogP contribution in [0.2, 0.25) is 0 Å². The van der Waals surface area contributed by atoms with Gasteiger partial charge in [0.2, 0.25) is 0 Å². The van der Waals surface area contributed by atoms with E-state index in [4.69, 9.17) is 4.74 Å². The Morgan fingerprint density at radius 2 is 1.73 bits per heavy atom. The van der Waals surface area contributed by atoms with Crippen molar-refractivity contribution < 1.29 is 37.4 Å². The first-order valence-corrected chi connectivity index (χ1v) is 13.3. The number of rotatable bonds is 10. The van der Waals surface area contributed by atoms with Crippen molar-refractivity contribution in [3.8, 4) is 16.9 Å². The number of amides is 2. The number of carboxylic acid groups (broad SMARTS) is 1. The molecular formula is C31H31F3N2O5. The Bertz CT molecular complexity index is 1450. The van der Waals surface area contributed by atoms with Crippen molar-refractivity contribution in [2.75, 3.05) is 11.9 Å². The third-order valence-corrected chi connectivity index (χ3v) is 6.94. The largest absolute Gasteiger partial charge is 0.494 e. The molecule has 0 fully saturated rings. The molecule has 216 valence electrons. The van der Waals surface area contributed by atoms with Gasteiger partial charge in [-0.15, -0.1) is 0 Å². The third-order valence-electron chi connectivity index (χ3n) is 6.94. The van der Waals surface area contributed by atoms with Gasteiger partial charge in [0, 0.05) is 23.4 Å². The topological polar surface area (TPSA) is 95.9 Å². The van der Waals surface area contributed by atoms with E-state index in [0.29, 0.717) is 17.9 Å². The van der Waals surface area contributed by atoms with Crippen LogP contribution in [0.25, 0.3) is 11.1 Å². The van der Waals surface area contributed by atoms with Crippen LogP contribution in [0.5, 0.6) is 5.75 Å². The summed E-state index contributed by atoms with van der Waals surface area (Å²) in [4.78, 5) is 38.8. The fourth-order valence-electron chi connectivity index (χ4n) is 4.84. The molecule has 0 spiro atoms. The highest BCUT2D eigenvalue weighted by Gasteiger charge is 2.39. The molecule has 2 N–H and O–H groups in total. The lowest BCUT2D eigenvalue weighted by molar-refractivity contribution is -0.144. The molecule has 0 saturated carbocycles. The molecule has 4 rings (SSSR count). The number of nitrogens with one attached hydrogen (secondary N) is 1. The maximum absolute atomic E-state index is 14.2.